The molecule has 7 nitrogen and oxygen atoms in total. The first-order chi connectivity index (χ1) is 12.7. The molecule has 27 heavy (non-hydrogen) atoms. The third-order valence-electron chi connectivity index (χ3n) is 4.18. The predicted octanol–water partition coefficient (Wildman–Crippen LogP) is 2.84. The molecule has 1 atom stereocenters. The van der Waals surface area contributed by atoms with E-state index in [0.29, 0.717) is 32.2 Å². The van der Waals surface area contributed by atoms with Crippen molar-refractivity contribution in [2.24, 2.45) is 10.9 Å². The maximum Gasteiger partial charge on any atom is 0.310 e. The molecule has 1 aliphatic rings. The van der Waals surface area contributed by atoms with Gasteiger partial charge in [0.1, 0.15) is 0 Å². The third kappa shape index (κ3) is 7.51. The standard InChI is InChI=1S/C19H30N4O3.HI/c1-4-20-19(22-13-15-9-10-21-17(12-15)25-5-2)23-11-7-8-16(14-23)18(24)26-6-3;/h9-10,12,16H,4-8,11,13-14H2,1-3H3,(H,20,22);1H. The fourth-order valence-corrected chi connectivity index (χ4v) is 2.99. The number of aromatic nitrogens is 1. The van der Waals surface area contributed by atoms with Gasteiger partial charge >= 0.3 is 5.97 Å². The number of halogens is 1. The highest BCUT2D eigenvalue weighted by molar-refractivity contribution is 14.0. The average Bonchev–Trinajstić information content (AvgIpc) is 2.66. The number of likely N-dealkylation sites (tertiary alicyclic amines) is 1. The summed E-state index contributed by atoms with van der Waals surface area (Å²) in [7, 11) is 0. The summed E-state index contributed by atoms with van der Waals surface area (Å²) in [4.78, 5) is 23.1. The highest BCUT2D eigenvalue weighted by Crippen LogP contribution is 2.18. The molecule has 0 aromatic carbocycles. The number of hydrogen-bond acceptors (Lipinski definition) is 5. The Balaban J connectivity index is 0.00000364. The van der Waals surface area contributed by atoms with Crippen molar-refractivity contribution < 1.29 is 14.3 Å². The summed E-state index contributed by atoms with van der Waals surface area (Å²) in [5.41, 5.74) is 1.04. The lowest BCUT2D eigenvalue weighted by Crippen LogP contribution is -2.48. The summed E-state index contributed by atoms with van der Waals surface area (Å²) in [6.45, 7) is 9.68. The highest BCUT2D eigenvalue weighted by Gasteiger charge is 2.28. The van der Waals surface area contributed by atoms with Crippen LogP contribution in [0.1, 0.15) is 39.2 Å². The molecule has 1 saturated heterocycles. The van der Waals surface area contributed by atoms with Crippen molar-refractivity contribution in [2.75, 3.05) is 32.8 Å². The summed E-state index contributed by atoms with van der Waals surface area (Å²) >= 11 is 0. The zero-order chi connectivity index (χ0) is 18.8. The number of piperidine rings is 1. The molecule has 1 unspecified atom stereocenters. The predicted molar refractivity (Wildman–Crippen MR) is 117 cm³/mol. The number of ether oxygens (including phenoxy) is 2. The number of esters is 1. The van der Waals surface area contributed by atoms with Crippen LogP contribution in [0, 0.1) is 5.92 Å². The molecule has 152 valence electrons. The largest absolute Gasteiger partial charge is 0.478 e. The molecule has 1 fully saturated rings. The molecule has 0 spiro atoms. The number of hydrogen-bond donors (Lipinski definition) is 1. The molecule has 0 aliphatic carbocycles. The first kappa shape index (κ1) is 23.5. The van der Waals surface area contributed by atoms with Crippen LogP contribution < -0.4 is 10.1 Å². The van der Waals surface area contributed by atoms with Gasteiger partial charge in [0, 0.05) is 31.9 Å². The highest BCUT2D eigenvalue weighted by atomic mass is 127. The summed E-state index contributed by atoms with van der Waals surface area (Å²) in [6.07, 6.45) is 3.56. The minimum atomic E-state index is -0.108. The smallest absolute Gasteiger partial charge is 0.310 e. The number of aliphatic imine (C=N–C) groups is 1. The SMILES string of the molecule is CCNC(=NCc1ccnc(OCC)c1)N1CCCC(C(=O)OCC)C1.I. The van der Waals surface area contributed by atoms with Crippen molar-refractivity contribution in [2.45, 2.75) is 40.2 Å². The topological polar surface area (TPSA) is 76.1 Å². The number of carbonyl (C=O) groups excluding carboxylic acids is 1. The molecule has 0 amide bonds. The molecule has 2 heterocycles. The number of nitrogens with one attached hydrogen (secondary N) is 1. The maximum atomic E-state index is 12.1. The normalized spacial score (nSPS) is 17.1. The Morgan fingerprint density at radius 2 is 2.19 bits per heavy atom. The molecule has 1 N–H and O–H groups in total. The molecule has 2 rings (SSSR count). The Kier molecular flexibility index (Phi) is 11.1. The fourth-order valence-electron chi connectivity index (χ4n) is 2.99. The van der Waals surface area contributed by atoms with E-state index in [2.05, 4.69) is 15.2 Å². The van der Waals surface area contributed by atoms with Gasteiger partial charge in [0.25, 0.3) is 0 Å². The van der Waals surface area contributed by atoms with Gasteiger partial charge in [-0.25, -0.2) is 9.98 Å². The van der Waals surface area contributed by atoms with Gasteiger partial charge in [0.2, 0.25) is 5.88 Å². The molecule has 0 saturated carbocycles. The summed E-state index contributed by atoms with van der Waals surface area (Å²) in [6, 6.07) is 3.85. The van der Waals surface area contributed by atoms with Crippen molar-refractivity contribution in [1.82, 2.24) is 15.2 Å². The molecule has 8 heteroatoms. The van der Waals surface area contributed by atoms with Crippen molar-refractivity contribution in [3.8, 4) is 5.88 Å². The number of nitrogens with zero attached hydrogens (tertiary/aromatic N) is 3. The van der Waals surface area contributed by atoms with Gasteiger partial charge in [-0.05, 0) is 45.2 Å². The van der Waals surface area contributed by atoms with Gasteiger partial charge in [0.05, 0.1) is 25.7 Å². The van der Waals surface area contributed by atoms with E-state index in [4.69, 9.17) is 14.5 Å². The van der Waals surface area contributed by atoms with E-state index in [1.807, 2.05) is 32.9 Å². The summed E-state index contributed by atoms with van der Waals surface area (Å²) in [5.74, 6) is 1.25. The lowest BCUT2D eigenvalue weighted by molar-refractivity contribution is -0.149. The van der Waals surface area contributed by atoms with Crippen LogP contribution in [0.5, 0.6) is 5.88 Å². The molecule has 0 radical (unpaired) electrons. The Labute approximate surface area is 178 Å². The number of rotatable bonds is 7. The van der Waals surface area contributed by atoms with Crippen LogP contribution in [-0.2, 0) is 16.1 Å². The lowest BCUT2D eigenvalue weighted by Gasteiger charge is -2.34. The van der Waals surface area contributed by atoms with E-state index < -0.39 is 0 Å². The van der Waals surface area contributed by atoms with Crippen molar-refractivity contribution in [3.05, 3.63) is 23.9 Å². The van der Waals surface area contributed by atoms with Crippen LogP contribution in [0.4, 0.5) is 0 Å². The van der Waals surface area contributed by atoms with Crippen LogP contribution >= 0.6 is 24.0 Å². The average molecular weight is 490 g/mol. The second-order valence-electron chi connectivity index (χ2n) is 6.14. The minimum Gasteiger partial charge on any atom is -0.478 e. The zero-order valence-electron chi connectivity index (χ0n) is 16.4. The van der Waals surface area contributed by atoms with Gasteiger partial charge in [-0.1, -0.05) is 0 Å². The second-order valence-corrected chi connectivity index (χ2v) is 6.14. The van der Waals surface area contributed by atoms with E-state index in [1.165, 1.54) is 0 Å². The Morgan fingerprint density at radius 1 is 1.37 bits per heavy atom. The van der Waals surface area contributed by atoms with Gasteiger partial charge < -0.3 is 19.7 Å². The second kappa shape index (κ2) is 12.7. The molecule has 1 aliphatic heterocycles. The van der Waals surface area contributed by atoms with E-state index in [0.717, 1.165) is 37.5 Å². The molecule has 0 bridgehead atoms. The Morgan fingerprint density at radius 3 is 2.89 bits per heavy atom. The molecule has 1 aromatic heterocycles. The molecular formula is C19H31IN4O3. The fraction of sp³-hybridized carbons (Fsp3) is 0.632. The van der Waals surface area contributed by atoms with Gasteiger partial charge in [-0.2, -0.15) is 0 Å². The summed E-state index contributed by atoms with van der Waals surface area (Å²) < 4.78 is 10.6. The first-order valence-electron chi connectivity index (χ1n) is 9.45. The zero-order valence-corrected chi connectivity index (χ0v) is 18.8. The van der Waals surface area contributed by atoms with Crippen molar-refractivity contribution in [3.63, 3.8) is 0 Å². The van der Waals surface area contributed by atoms with Crippen LogP contribution in [0.15, 0.2) is 23.3 Å². The van der Waals surface area contributed by atoms with Crippen molar-refractivity contribution >= 4 is 35.9 Å². The summed E-state index contributed by atoms with van der Waals surface area (Å²) in [5, 5.41) is 3.33. The quantitative estimate of drug-likeness (QED) is 0.274. The van der Waals surface area contributed by atoms with E-state index in [9.17, 15) is 4.79 Å². The monoisotopic (exact) mass is 490 g/mol. The van der Waals surface area contributed by atoms with Gasteiger partial charge in [-0.15, -0.1) is 24.0 Å². The number of guanidine groups is 1. The third-order valence-corrected chi connectivity index (χ3v) is 4.18. The Bertz CT molecular complexity index is 612. The molecule has 1 aromatic rings. The van der Waals surface area contributed by atoms with Crippen molar-refractivity contribution in [1.29, 1.82) is 0 Å². The number of pyridine rings is 1. The van der Waals surface area contributed by atoms with E-state index >= 15 is 0 Å². The lowest BCUT2D eigenvalue weighted by atomic mass is 9.98. The van der Waals surface area contributed by atoms with Crippen LogP contribution in [0.25, 0.3) is 0 Å². The Hall–Kier alpha value is -1.58. The van der Waals surface area contributed by atoms with E-state index in [1.54, 1.807) is 6.20 Å². The van der Waals surface area contributed by atoms with Crippen LogP contribution in [-0.4, -0.2) is 54.7 Å². The van der Waals surface area contributed by atoms with Crippen LogP contribution in [0.3, 0.4) is 0 Å². The molecular weight excluding hydrogens is 459 g/mol. The van der Waals surface area contributed by atoms with Gasteiger partial charge in [0.15, 0.2) is 5.96 Å². The van der Waals surface area contributed by atoms with Crippen LogP contribution in [0.2, 0.25) is 0 Å². The minimum absolute atomic E-state index is 0. The van der Waals surface area contributed by atoms with Gasteiger partial charge in [-0.3, -0.25) is 4.79 Å². The first-order valence-corrected chi connectivity index (χ1v) is 9.45. The number of carbonyl (C=O) groups is 1. The van der Waals surface area contributed by atoms with E-state index in [-0.39, 0.29) is 35.9 Å². The maximum absolute atomic E-state index is 12.1.